The van der Waals surface area contributed by atoms with Gasteiger partial charge in [-0.25, -0.2) is 9.50 Å². The van der Waals surface area contributed by atoms with Gasteiger partial charge in [0.25, 0.3) is 0 Å². The molecule has 5 heteroatoms. The molecule has 0 amide bonds. The number of nitrogens with two attached hydrogens (primary N) is 1. The second-order valence-electron chi connectivity index (χ2n) is 4.60. The van der Waals surface area contributed by atoms with E-state index in [0.29, 0.717) is 13.0 Å². The molecule has 3 rings (SSSR count). The first-order chi connectivity index (χ1) is 9.78. The predicted molar refractivity (Wildman–Crippen MR) is 76.7 cm³/mol. The summed E-state index contributed by atoms with van der Waals surface area (Å²) in [6.07, 6.45) is 2.61. The third kappa shape index (κ3) is 2.48. The van der Waals surface area contributed by atoms with Crippen molar-refractivity contribution < 1.29 is 4.74 Å². The van der Waals surface area contributed by atoms with E-state index in [1.54, 1.807) is 11.6 Å². The molecule has 0 aliphatic carbocycles. The molecule has 0 saturated heterocycles. The number of hydrogen-bond donors (Lipinski definition) is 1. The number of pyridine rings is 1. The lowest BCUT2D eigenvalue weighted by Gasteiger charge is -2.00. The van der Waals surface area contributed by atoms with E-state index in [1.165, 1.54) is 0 Å². The number of benzene rings is 1. The lowest BCUT2D eigenvalue weighted by molar-refractivity contribution is 0.414. The first-order valence-corrected chi connectivity index (χ1v) is 6.45. The maximum absolute atomic E-state index is 5.63. The first-order valence-electron chi connectivity index (χ1n) is 6.45. The summed E-state index contributed by atoms with van der Waals surface area (Å²) in [6.45, 7) is 0.504. The molecular formula is C15H16N4O. The fraction of sp³-hybridized carbons (Fsp3) is 0.200. The summed E-state index contributed by atoms with van der Waals surface area (Å²) in [7, 11) is 1.66. The highest BCUT2D eigenvalue weighted by Crippen LogP contribution is 2.14. The SMILES string of the molecule is COc1ccc(Cc2nc3ccc(CN)cn3n2)cc1. The molecule has 0 saturated carbocycles. The van der Waals surface area contributed by atoms with E-state index in [1.807, 2.05) is 42.6 Å². The molecule has 0 radical (unpaired) electrons. The van der Waals surface area contributed by atoms with Crippen LogP contribution in [0.3, 0.4) is 0 Å². The number of nitrogens with zero attached hydrogens (tertiary/aromatic N) is 3. The highest BCUT2D eigenvalue weighted by molar-refractivity contribution is 5.39. The van der Waals surface area contributed by atoms with Gasteiger partial charge in [-0.2, -0.15) is 5.10 Å². The molecule has 0 aliphatic heterocycles. The van der Waals surface area contributed by atoms with Crippen molar-refractivity contribution in [2.24, 2.45) is 5.73 Å². The van der Waals surface area contributed by atoms with Crippen LogP contribution < -0.4 is 10.5 Å². The summed E-state index contributed by atoms with van der Waals surface area (Å²) in [6, 6.07) is 11.8. The maximum atomic E-state index is 5.63. The van der Waals surface area contributed by atoms with Crippen molar-refractivity contribution in [2.45, 2.75) is 13.0 Å². The number of hydrogen-bond acceptors (Lipinski definition) is 4. The second kappa shape index (κ2) is 5.30. The maximum Gasteiger partial charge on any atom is 0.156 e. The van der Waals surface area contributed by atoms with Crippen molar-refractivity contribution in [1.82, 2.24) is 14.6 Å². The summed E-state index contributed by atoms with van der Waals surface area (Å²) in [4.78, 5) is 4.51. The van der Waals surface area contributed by atoms with Crippen LogP contribution in [0.25, 0.3) is 5.65 Å². The van der Waals surface area contributed by atoms with Gasteiger partial charge in [-0.3, -0.25) is 0 Å². The Hall–Kier alpha value is -2.40. The lowest BCUT2D eigenvalue weighted by Crippen LogP contribution is -1.99. The zero-order valence-electron chi connectivity index (χ0n) is 11.3. The van der Waals surface area contributed by atoms with Crippen molar-refractivity contribution in [3.8, 4) is 5.75 Å². The van der Waals surface area contributed by atoms with Crippen LogP contribution in [-0.4, -0.2) is 21.7 Å². The number of rotatable bonds is 4. The Bertz CT molecular complexity index is 718. The molecule has 5 nitrogen and oxygen atoms in total. The van der Waals surface area contributed by atoms with Crippen LogP contribution in [0, 0.1) is 0 Å². The van der Waals surface area contributed by atoms with Crippen molar-refractivity contribution in [2.75, 3.05) is 7.11 Å². The minimum Gasteiger partial charge on any atom is -0.497 e. The van der Waals surface area contributed by atoms with Gasteiger partial charge >= 0.3 is 0 Å². The van der Waals surface area contributed by atoms with Gasteiger partial charge in [0.15, 0.2) is 11.5 Å². The van der Waals surface area contributed by atoms with Crippen LogP contribution in [0.15, 0.2) is 42.6 Å². The van der Waals surface area contributed by atoms with E-state index in [9.17, 15) is 0 Å². The van der Waals surface area contributed by atoms with E-state index < -0.39 is 0 Å². The van der Waals surface area contributed by atoms with Crippen LogP contribution in [0.1, 0.15) is 17.0 Å². The molecule has 3 aromatic rings. The molecule has 2 N–H and O–H groups in total. The van der Waals surface area contributed by atoms with Gasteiger partial charge in [0, 0.05) is 19.2 Å². The molecule has 20 heavy (non-hydrogen) atoms. The van der Waals surface area contributed by atoms with Crippen molar-refractivity contribution >= 4 is 5.65 Å². The molecule has 0 atom stereocenters. The molecule has 0 aliphatic rings. The molecule has 102 valence electrons. The zero-order chi connectivity index (χ0) is 13.9. The predicted octanol–water partition coefficient (Wildman–Crippen LogP) is 1.79. The minimum absolute atomic E-state index is 0.504. The fourth-order valence-electron chi connectivity index (χ4n) is 2.09. The smallest absolute Gasteiger partial charge is 0.156 e. The Morgan fingerprint density at radius 2 is 1.85 bits per heavy atom. The van der Waals surface area contributed by atoms with Crippen molar-refractivity contribution in [3.05, 3.63) is 59.5 Å². The van der Waals surface area contributed by atoms with Gasteiger partial charge in [-0.1, -0.05) is 18.2 Å². The number of methoxy groups -OCH3 is 1. The van der Waals surface area contributed by atoms with E-state index in [0.717, 1.165) is 28.3 Å². The Morgan fingerprint density at radius 3 is 2.55 bits per heavy atom. The van der Waals surface area contributed by atoms with Gasteiger partial charge in [-0.05, 0) is 29.3 Å². The highest BCUT2D eigenvalue weighted by atomic mass is 16.5. The summed E-state index contributed by atoms with van der Waals surface area (Å²) >= 11 is 0. The van der Waals surface area contributed by atoms with Crippen LogP contribution >= 0.6 is 0 Å². The third-order valence-electron chi connectivity index (χ3n) is 3.19. The van der Waals surface area contributed by atoms with Gasteiger partial charge in [0.2, 0.25) is 0 Å². The van der Waals surface area contributed by atoms with Crippen LogP contribution in [-0.2, 0) is 13.0 Å². The largest absolute Gasteiger partial charge is 0.497 e. The molecule has 2 aromatic heterocycles. The molecular weight excluding hydrogens is 252 g/mol. The normalized spacial score (nSPS) is 10.9. The summed E-state index contributed by atoms with van der Waals surface area (Å²) in [5.41, 5.74) is 8.66. The molecule has 0 unspecified atom stereocenters. The van der Waals surface area contributed by atoms with Gasteiger partial charge in [0.1, 0.15) is 5.75 Å². The summed E-state index contributed by atoms with van der Waals surface area (Å²) < 4.78 is 6.92. The Balaban J connectivity index is 1.86. The van der Waals surface area contributed by atoms with Crippen molar-refractivity contribution in [1.29, 1.82) is 0 Å². The Labute approximate surface area is 117 Å². The van der Waals surface area contributed by atoms with Crippen molar-refractivity contribution in [3.63, 3.8) is 0 Å². The molecule has 2 heterocycles. The average molecular weight is 268 g/mol. The zero-order valence-corrected chi connectivity index (χ0v) is 11.3. The highest BCUT2D eigenvalue weighted by Gasteiger charge is 2.05. The molecule has 0 fully saturated rings. The lowest BCUT2D eigenvalue weighted by atomic mass is 10.1. The molecule has 0 bridgehead atoms. The summed E-state index contributed by atoms with van der Waals surface area (Å²) in [5, 5.41) is 4.48. The van der Waals surface area contributed by atoms with Gasteiger partial charge in [0.05, 0.1) is 7.11 Å². The standard InChI is InChI=1S/C15H16N4O/c1-20-13-5-2-11(3-6-13)8-14-17-15-7-4-12(9-16)10-19(15)18-14/h2-7,10H,8-9,16H2,1H3. The number of aromatic nitrogens is 3. The molecule has 1 aromatic carbocycles. The monoisotopic (exact) mass is 268 g/mol. The molecule has 0 spiro atoms. The Morgan fingerprint density at radius 1 is 1.10 bits per heavy atom. The van der Waals surface area contributed by atoms with Crippen LogP contribution in [0.4, 0.5) is 0 Å². The van der Waals surface area contributed by atoms with E-state index >= 15 is 0 Å². The van der Waals surface area contributed by atoms with Gasteiger partial charge < -0.3 is 10.5 Å². The first kappa shape index (κ1) is 12.6. The van der Waals surface area contributed by atoms with E-state index in [-0.39, 0.29) is 0 Å². The number of fused-ring (bicyclic) bond motifs is 1. The van der Waals surface area contributed by atoms with Crippen LogP contribution in [0.2, 0.25) is 0 Å². The quantitative estimate of drug-likeness (QED) is 0.783. The topological polar surface area (TPSA) is 65.4 Å². The number of ether oxygens (including phenoxy) is 1. The van der Waals surface area contributed by atoms with E-state index in [2.05, 4.69) is 10.1 Å². The Kier molecular flexibility index (Phi) is 3.35. The summed E-state index contributed by atoms with van der Waals surface area (Å²) in [5.74, 6) is 1.65. The third-order valence-corrected chi connectivity index (χ3v) is 3.19. The minimum atomic E-state index is 0.504. The second-order valence-corrected chi connectivity index (χ2v) is 4.60. The fourth-order valence-corrected chi connectivity index (χ4v) is 2.09. The average Bonchev–Trinajstić information content (AvgIpc) is 2.89. The van der Waals surface area contributed by atoms with Crippen LogP contribution in [0.5, 0.6) is 5.75 Å². The van der Waals surface area contributed by atoms with Gasteiger partial charge in [-0.15, -0.1) is 0 Å². The van der Waals surface area contributed by atoms with E-state index in [4.69, 9.17) is 10.5 Å².